The SMILES string of the molecule is Cc1ccccc1Nc1c(NC(=O)c2csc3ccccc23)ccn(C)c1=O. The van der Waals surface area contributed by atoms with Gasteiger partial charge in [-0.3, -0.25) is 9.59 Å². The van der Waals surface area contributed by atoms with Crippen molar-refractivity contribution in [1.29, 1.82) is 0 Å². The van der Waals surface area contributed by atoms with Crippen LogP contribution in [0.25, 0.3) is 10.1 Å². The van der Waals surface area contributed by atoms with Crippen molar-refractivity contribution in [3.63, 3.8) is 0 Å². The van der Waals surface area contributed by atoms with Crippen LogP contribution in [0.2, 0.25) is 0 Å². The summed E-state index contributed by atoms with van der Waals surface area (Å²) in [6, 6.07) is 17.2. The standard InChI is InChI=1S/C22H19N3O2S/c1-14-7-3-5-9-17(14)23-20-18(11-12-25(2)22(20)27)24-21(26)16-13-28-19-10-6-4-8-15(16)19/h3-13,23H,1-2H3,(H,24,26). The summed E-state index contributed by atoms with van der Waals surface area (Å²) in [5.74, 6) is -0.237. The monoisotopic (exact) mass is 389 g/mol. The summed E-state index contributed by atoms with van der Waals surface area (Å²) in [5.41, 5.74) is 3.01. The Morgan fingerprint density at radius 3 is 2.57 bits per heavy atom. The van der Waals surface area contributed by atoms with Gasteiger partial charge in [0.15, 0.2) is 0 Å². The lowest BCUT2D eigenvalue weighted by Gasteiger charge is -2.15. The summed E-state index contributed by atoms with van der Waals surface area (Å²) in [7, 11) is 1.68. The summed E-state index contributed by atoms with van der Waals surface area (Å²) in [5, 5.41) is 8.84. The molecular weight excluding hydrogens is 370 g/mol. The molecule has 5 nitrogen and oxygen atoms in total. The first-order valence-corrected chi connectivity index (χ1v) is 9.72. The van der Waals surface area contributed by atoms with Crippen molar-refractivity contribution in [1.82, 2.24) is 4.57 Å². The van der Waals surface area contributed by atoms with E-state index in [9.17, 15) is 9.59 Å². The zero-order chi connectivity index (χ0) is 19.7. The van der Waals surface area contributed by atoms with Crippen molar-refractivity contribution >= 4 is 44.4 Å². The minimum absolute atomic E-state index is 0.212. The molecule has 2 heterocycles. The third-order valence-electron chi connectivity index (χ3n) is 4.65. The second kappa shape index (κ2) is 7.32. The maximum absolute atomic E-state index is 12.9. The minimum atomic E-state index is -0.237. The normalized spacial score (nSPS) is 10.8. The molecule has 0 atom stereocenters. The third-order valence-corrected chi connectivity index (χ3v) is 5.61. The highest BCUT2D eigenvalue weighted by atomic mass is 32.1. The number of nitrogens with zero attached hydrogens (tertiary/aromatic N) is 1. The molecule has 0 aliphatic rings. The van der Waals surface area contributed by atoms with Crippen LogP contribution >= 0.6 is 11.3 Å². The van der Waals surface area contributed by atoms with Gasteiger partial charge in [-0.05, 0) is 30.7 Å². The molecule has 4 aromatic rings. The van der Waals surface area contributed by atoms with Gasteiger partial charge in [0.2, 0.25) is 0 Å². The lowest BCUT2D eigenvalue weighted by Crippen LogP contribution is -2.23. The zero-order valence-electron chi connectivity index (χ0n) is 15.5. The van der Waals surface area contributed by atoms with Gasteiger partial charge in [0.05, 0.1) is 11.3 Å². The maximum Gasteiger partial charge on any atom is 0.276 e. The van der Waals surface area contributed by atoms with Gasteiger partial charge in [-0.25, -0.2) is 0 Å². The third kappa shape index (κ3) is 3.30. The molecule has 0 saturated heterocycles. The molecular formula is C22H19N3O2S. The average Bonchev–Trinajstić information content (AvgIpc) is 3.13. The van der Waals surface area contributed by atoms with Crippen molar-refractivity contribution in [2.75, 3.05) is 10.6 Å². The van der Waals surface area contributed by atoms with Gasteiger partial charge in [-0.1, -0.05) is 36.4 Å². The fraction of sp³-hybridized carbons (Fsp3) is 0.0909. The molecule has 0 aliphatic heterocycles. The van der Waals surface area contributed by atoms with Gasteiger partial charge in [0.25, 0.3) is 11.5 Å². The molecule has 0 fully saturated rings. The fourth-order valence-electron chi connectivity index (χ4n) is 3.05. The number of carbonyl (C=O) groups excluding carboxylic acids is 1. The molecule has 0 unspecified atom stereocenters. The minimum Gasteiger partial charge on any atom is -0.349 e. The number of benzene rings is 2. The van der Waals surface area contributed by atoms with Gasteiger partial charge in [-0.2, -0.15) is 0 Å². The lowest BCUT2D eigenvalue weighted by atomic mass is 10.1. The number of pyridine rings is 1. The number of nitrogens with one attached hydrogen (secondary N) is 2. The molecule has 140 valence electrons. The Bertz CT molecular complexity index is 1240. The van der Waals surface area contributed by atoms with Gasteiger partial charge in [0, 0.05) is 34.4 Å². The Hall–Kier alpha value is -3.38. The Morgan fingerprint density at radius 1 is 1.00 bits per heavy atom. The van der Waals surface area contributed by atoms with Gasteiger partial charge >= 0.3 is 0 Å². The summed E-state index contributed by atoms with van der Waals surface area (Å²) in [6.07, 6.45) is 1.65. The Kier molecular flexibility index (Phi) is 4.71. The molecule has 1 amide bonds. The number of carbonyl (C=O) groups is 1. The van der Waals surface area contributed by atoms with E-state index in [4.69, 9.17) is 0 Å². The Labute approximate surface area is 166 Å². The van der Waals surface area contributed by atoms with E-state index >= 15 is 0 Å². The zero-order valence-corrected chi connectivity index (χ0v) is 16.3. The first kappa shape index (κ1) is 18.0. The lowest BCUT2D eigenvalue weighted by molar-refractivity contribution is 0.102. The van der Waals surface area contributed by atoms with E-state index in [1.807, 2.05) is 60.8 Å². The predicted octanol–water partition coefficient (Wildman–Crippen LogP) is 4.90. The van der Waals surface area contributed by atoms with Crippen LogP contribution in [0.4, 0.5) is 17.1 Å². The Morgan fingerprint density at radius 2 is 1.75 bits per heavy atom. The van der Waals surface area contributed by atoms with Crippen LogP contribution in [-0.2, 0) is 7.05 Å². The van der Waals surface area contributed by atoms with E-state index in [2.05, 4.69) is 10.6 Å². The van der Waals surface area contributed by atoms with Crippen LogP contribution < -0.4 is 16.2 Å². The van der Waals surface area contributed by atoms with Crippen LogP contribution in [0.3, 0.4) is 0 Å². The smallest absolute Gasteiger partial charge is 0.276 e. The van der Waals surface area contributed by atoms with Crippen molar-refractivity contribution in [3.8, 4) is 0 Å². The number of anilines is 3. The number of amides is 1. The highest BCUT2D eigenvalue weighted by Crippen LogP contribution is 2.28. The summed E-state index contributed by atoms with van der Waals surface area (Å²) in [4.78, 5) is 25.7. The molecule has 2 aromatic heterocycles. The Balaban J connectivity index is 1.72. The number of fused-ring (bicyclic) bond motifs is 1. The quantitative estimate of drug-likeness (QED) is 0.522. The predicted molar refractivity (Wildman–Crippen MR) is 116 cm³/mol. The fourth-order valence-corrected chi connectivity index (χ4v) is 3.99. The van der Waals surface area contributed by atoms with Crippen molar-refractivity contribution in [2.45, 2.75) is 6.92 Å². The van der Waals surface area contributed by atoms with Crippen LogP contribution in [0.5, 0.6) is 0 Å². The van der Waals surface area contributed by atoms with Crippen LogP contribution in [0.15, 0.2) is 71.0 Å². The number of hydrogen-bond acceptors (Lipinski definition) is 4. The topological polar surface area (TPSA) is 63.1 Å². The van der Waals surface area contributed by atoms with E-state index in [0.717, 1.165) is 21.3 Å². The van der Waals surface area contributed by atoms with Crippen molar-refractivity contribution in [3.05, 3.63) is 87.7 Å². The number of thiophene rings is 1. The van der Waals surface area contributed by atoms with E-state index < -0.39 is 0 Å². The van der Waals surface area contributed by atoms with E-state index in [-0.39, 0.29) is 11.5 Å². The van der Waals surface area contributed by atoms with Crippen LogP contribution in [-0.4, -0.2) is 10.5 Å². The molecule has 0 radical (unpaired) electrons. The number of aromatic nitrogens is 1. The first-order valence-electron chi connectivity index (χ1n) is 8.84. The number of hydrogen-bond donors (Lipinski definition) is 2. The number of aryl methyl sites for hydroxylation is 2. The molecule has 2 N–H and O–H groups in total. The van der Waals surface area contributed by atoms with E-state index in [1.165, 1.54) is 15.9 Å². The van der Waals surface area contributed by atoms with Gasteiger partial charge in [-0.15, -0.1) is 11.3 Å². The van der Waals surface area contributed by atoms with Crippen LogP contribution in [0, 0.1) is 6.92 Å². The molecule has 2 aromatic carbocycles. The van der Waals surface area contributed by atoms with Gasteiger partial charge in [0.1, 0.15) is 5.69 Å². The summed E-state index contributed by atoms with van der Waals surface area (Å²) in [6.45, 7) is 1.96. The molecule has 0 spiro atoms. The first-order chi connectivity index (χ1) is 13.5. The van der Waals surface area contributed by atoms with Crippen LogP contribution in [0.1, 0.15) is 15.9 Å². The number of rotatable bonds is 4. The largest absolute Gasteiger partial charge is 0.349 e. The molecule has 0 saturated carbocycles. The highest BCUT2D eigenvalue weighted by Gasteiger charge is 2.16. The molecule has 28 heavy (non-hydrogen) atoms. The average molecular weight is 389 g/mol. The van der Waals surface area contributed by atoms with Crippen molar-refractivity contribution < 1.29 is 4.79 Å². The molecule has 0 aliphatic carbocycles. The van der Waals surface area contributed by atoms with E-state index in [1.54, 1.807) is 19.3 Å². The molecule has 6 heteroatoms. The second-order valence-electron chi connectivity index (χ2n) is 6.56. The van der Waals surface area contributed by atoms with Crippen molar-refractivity contribution in [2.24, 2.45) is 7.05 Å². The van der Waals surface area contributed by atoms with E-state index in [0.29, 0.717) is 16.9 Å². The highest BCUT2D eigenvalue weighted by molar-refractivity contribution is 7.17. The van der Waals surface area contributed by atoms with Gasteiger partial charge < -0.3 is 15.2 Å². The second-order valence-corrected chi connectivity index (χ2v) is 7.47. The number of para-hydroxylation sites is 1. The summed E-state index contributed by atoms with van der Waals surface area (Å²) < 4.78 is 2.53. The maximum atomic E-state index is 12.9. The molecule has 0 bridgehead atoms. The molecule has 4 rings (SSSR count). The summed E-state index contributed by atoms with van der Waals surface area (Å²) >= 11 is 1.52.